The van der Waals surface area contributed by atoms with Gasteiger partial charge in [0.25, 0.3) is 0 Å². The molecule has 0 aliphatic carbocycles. The van der Waals surface area contributed by atoms with E-state index >= 15 is 0 Å². The molecule has 5 heteroatoms. The van der Waals surface area contributed by atoms with Crippen LogP contribution in [0, 0.1) is 0 Å². The molecule has 0 atom stereocenters. The van der Waals surface area contributed by atoms with Gasteiger partial charge in [-0.15, -0.1) is 0 Å². The van der Waals surface area contributed by atoms with Crippen molar-refractivity contribution in [3.63, 3.8) is 0 Å². The highest BCUT2D eigenvalue weighted by molar-refractivity contribution is 5.71. The van der Waals surface area contributed by atoms with Crippen molar-refractivity contribution in [3.8, 4) is 17.2 Å². The van der Waals surface area contributed by atoms with Crippen LogP contribution < -0.4 is 14.2 Å². The zero-order valence-corrected chi connectivity index (χ0v) is 9.93. The molecule has 1 aliphatic heterocycles. The average Bonchev–Trinajstić information content (AvgIpc) is 2.77. The summed E-state index contributed by atoms with van der Waals surface area (Å²) in [7, 11) is 0. The number of hydrogen-bond acceptors (Lipinski definition) is 4. The highest BCUT2D eigenvalue weighted by Gasteiger charge is 2.16. The fraction of sp³-hybridized carbons (Fsp3) is 0.417. The second-order valence-corrected chi connectivity index (χ2v) is 3.56. The lowest BCUT2D eigenvalue weighted by atomic mass is 10.3. The van der Waals surface area contributed by atoms with Crippen molar-refractivity contribution in [2.75, 3.05) is 19.9 Å². The van der Waals surface area contributed by atoms with E-state index in [2.05, 4.69) is 0 Å². The molecule has 5 nitrogen and oxygen atoms in total. The molecule has 92 valence electrons. The first-order chi connectivity index (χ1) is 8.24. The van der Waals surface area contributed by atoms with Crippen molar-refractivity contribution in [3.05, 3.63) is 18.2 Å². The average molecular weight is 237 g/mol. The number of benzene rings is 1. The van der Waals surface area contributed by atoms with Crippen LogP contribution in [0.5, 0.6) is 17.2 Å². The molecule has 0 spiro atoms. The predicted molar refractivity (Wildman–Crippen MR) is 61.5 cm³/mol. The van der Waals surface area contributed by atoms with Crippen LogP contribution >= 0.6 is 0 Å². The number of carbonyl (C=O) groups is 1. The van der Waals surface area contributed by atoms with Gasteiger partial charge in [-0.25, -0.2) is 4.79 Å². The molecule has 0 fully saturated rings. The van der Waals surface area contributed by atoms with Crippen LogP contribution in [0.25, 0.3) is 0 Å². The lowest BCUT2D eigenvalue weighted by Gasteiger charge is -2.17. The monoisotopic (exact) mass is 237 g/mol. The van der Waals surface area contributed by atoms with Gasteiger partial charge < -0.3 is 19.1 Å². The normalized spacial score (nSPS) is 12.4. The van der Waals surface area contributed by atoms with Crippen molar-refractivity contribution in [2.24, 2.45) is 0 Å². The molecule has 1 amide bonds. The van der Waals surface area contributed by atoms with E-state index < -0.39 is 0 Å². The Labute approximate surface area is 99.9 Å². The summed E-state index contributed by atoms with van der Waals surface area (Å²) in [6.45, 7) is 5.28. The number of carbonyl (C=O) groups excluding carboxylic acids is 1. The Morgan fingerprint density at radius 3 is 2.71 bits per heavy atom. The molecule has 1 aliphatic rings. The molecule has 1 aromatic carbocycles. The topological polar surface area (TPSA) is 48.0 Å². The fourth-order valence-corrected chi connectivity index (χ4v) is 1.59. The van der Waals surface area contributed by atoms with E-state index in [0.717, 1.165) is 0 Å². The SMILES string of the molecule is CCN(CC)C(=O)Oc1ccc2c(c1)OCO2. The standard InChI is InChI=1S/C12H15NO4/c1-3-13(4-2)12(14)17-9-5-6-10-11(7-9)16-8-15-10/h5-7H,3-4,8H2,1-2H3. The van der Waals surface area contributed by atoms with Gasteiger partial charge in [-0.05, 0) is 26.0 Å². The lowest BCUT2D eigenvalue weighted by molar-refractivity contribution is 0.157. The van der Waals surface area contributed by atoms with Gasteiger partial charge >= 0.3 is 6.09 Å². The summed E-state index contributed by atoms with van der Waals surface area (Å²) in [4.78, 5) is 13.3. The molecule has 1 aromatic rings. The highest BCUT2D eigenvalue weighted by atomic mass is 16.7. The number of hydrogen-bond donors (Lipinski definition) is 0. The van der Waals surface area contributed by atoms with Crippen molar-refractivity contribution in [2.45, 2.75) is 13.8 Å². The third-order valence-corrected chi connectivity index (χ3v) is 2.57. The largest absolute Gasteiger partial charge is 0.454 e. The van der Waals surface area contributed by atoms with E-state index in [0.29, 0.717) is 30.3 Å². The molecular formula is C12H15NO4. The molecule has 0 saturated heterocycles. The quantitative estimate of drug-likeness (QED) is 0.809. The molecular weight excluding hydrogens is 222 g/mol. The third kappa shape index (κ3) is 2.43. The first-order valence-electron chi connectivity index (χ1n) is 5.61. The Kier molecular flexibility index (Phi) is 3.37. The van der Waals surface area contributed by atoms with E-state index in [1.165, 1.54) is 0 Å². The molecule has 0 bridgehead atoms. The minimum atomic E-state index is -0.353. The van der Waals surface area contributed by atoms with E-state index in [4.69, 9.17) is 14.2 Å². The summed E-state index contributed by atoms with van der Waals surface area (Å²) in [6.07, 6.45) is -0.353. The second kappa shape index (κ2) is 4.95. The minimum Gasteiger partial charge on any atom is -0.454 e. The summed E-state index contributed by atoms with van der Waals surface area (Å²) in [6, 6.07) is 5.08. The molecule has 17 heavy (non-hydrogen) atoms. The molecule has 1 heterocycles. The maximum absolute atomic E-state index is 11.7. The Bertz CT molecular complexity index is 415. The van der Waals surface area contributed by atoms with Crippen molar-refractivity contribution >= 4 is 6.09 Å². The molecule has 0 unspecified atom stereocenters. The van der Waals surface area contributed by atoms with E-state index in [-0.39, 0.29) is 12.9 Å². The number of amides is 1. The lowest BCUT2D eigenvalue weighted by Crippen LogP contribution is -2.33. The van der Waals surface area contributed by atoms with Crippen LogP contribution in [0.15, 0.2) is 18.2 Å². The Hall–Kier alpha value is -1.91. The van der Waals surface area contributed by atoms with Crippen molar-refractivity contribution in [1.82, 2.24) is 4.90 Å². The number of rotatable bonds is 3. The fourth-order valence-electron chi connectivity index (χ4n) is 1.59. The van der Waals surface area contributed by atoms with Crippen LogP contribution in [0.2, 0.25) is 0 Å². The van der Waals surface area contributed by atoms with Gasteiger partial charge in [0.2, 0.25) is 6.79 Å². The van der Waals surface area contributed by atoms with Gasteiger partial charge in [-0.3, -0.25) is 0 Å². The molecule has 0 saturated carbocycles. The molecule has 0 radical (unpaired) electrons. The summed E-state index contributed by atoms with van der Waals surface area (Å²) in [5.41, 5.74) is 0. The third-order valence-electron chi connectivity index (χ3n) is 2.57. The number of nitrogens with zero attached hydrogens (tertiary/aromatic N) is 1. The van der Waals surface area contributed by atoms with Gasteiger partial charge in [0.05, 0.1) is 0 Å². The van der Waals surface area contributed by atoms with E-state index in [1.807, 2.05) is 13.8 Å². The maximum Gasteiger partial charge on any atom is 0.415 e. The Morgan fingerprint density at radius 1 is 1.29 bits per heavy atom. The van der Waals surface area contributed by atoms with Gasteiger partial charge in [0, 0.05) is 19.2 Å². The van der Waals surface area contributed by atoms with Crippen molar-refractivity contribution in [1.29, 1.82) is 0 Å². The van der Waals surface area contributed by atoms with Crippen LogP contribution in [0.1, 0.15) is 13.8 Å². The first-order valence-corrected chi connectivity index (χ1v) is 5.61. The predicted octanol–water partition coefficient (Wildman–Crippen LogP) is 2.26. The Morgan fingerprint density at radius 2 is 2.00 bits per heavy atom. The molecule has 2 rings (SSSR count). The van der Waals surface area contributed by atoms with Gasteiger partial charge in [0.15, 0.2) is 11.5 Å². The smallest absolute Gasteiger partial charge is 0.415 e. The van der Waals surface area contributed by atoms with Crippen LogP contribution in [0.3, 0.4) is 0 Å². The highest BCUT2D eigenvalue weighted by Crippen LogP contribution is 2.35. The summed E-state index contributed by atoms with van der Waals surface area (Å²) in [5, 5.41) is 0. The van der Waals surface area contributed by atoms with Gasteiger partial charge in [0.1, 0.15) is 5.75 Å². The number of fused-ring (bicyclic) bond motifs is 1. The van der Waals surface area contributed by atoms with Crippen LogP contribution in [-0.4, -0.2) is 30.9 Å². The minimum absolute atomic E-state index is 0.211. The Balaban J connectivity index is 2.06. The van der Waals surface area contributed by atoms with E-state index in [9.17, 15) is 4.79 Å². The van der Waals surface area contributed by atoms with Gasteiger partial charge in [-0.1, -0.05) is 0 Å². The summed E-state index contributed by atoms with van der Waals surface area (Å²) >= 11 is 0. The molecule has 0 aromatic heterocycles. The van der Waals surface area contributed by atoms with Crippen LogP contribution in [0.4, 0.5) is 4.79 Å². The van der Waals surface area contributed by atoms with Gasteiger partial charge in [-0.2, -0.15) is 0 Å². The maximum atomic E-state index is 11.7. The zero-order chi connectivity index (χ0) is 12.3. The van der Waals surface area contributed by atoms with E-state index in [1.54, 1.807) is 23.1 Å². The first kappa shape index (κ1) is 11.6. The molecule has 0 N–H and O–H groups in total. The van der Waals surface area contributed by atoms with Crippen molar-refractivity contribution < 1.29 is 19.0 Å². The number of ether oxygens (including phenoxy) is 3. The summed E-state index contributed by atoms with van der Waals surface area (Å²) < 4.78 is 15.6. The van der Waals surface area contributed by atoms with Crippen LogP contribution in [-0.2, 0) is 0 Å². The second-order valence-electron chi connectivity index (χ2n) is 3.56. The zero-order valence-electron chi connectivity index (χ0n) is 9.93. The summed E-state index contributed by atoms with van der Waals surface area (Å²) in [5.74, 6) is 1.74.